The highest BCUT2D eigenvalue weighted by Gasteiger charge is 2.12. The van der Waals surface area contributed by atoms with Crippen LogP contribution < -0.4 is 0 Å². The van der Waals surface area contributed by atoms with Crippen molar-refractivity contribution in [3.8, 4) is 0 Å². The summed E-state index contributed by atoms with van der Waals surface area (Å²) in [7, 11) is 0. The lowest BCUT2D eigenvalue weighted by Crippen LogP contribution is -2.35. The molecule has 0 spiro atoms. The number of morpholine rings is 1. The van der Waals surface area contributed by atoms with E-state index in [0.717, 1.165) is 32.8 Å². The highest BCUT2D eigenvalue weighted by atomic mass is 16.5. The standard InChI is InChI=1S/C12H18N2O/c1-10-7-13-8-12(11(10)2)9-14-3-5-15-6-4-14/h7-8H,3-6,9H2,1-2H3. The van der Waals surface area contributed by atoms with Crippen LogP contribution in [0.2, 0.25) is 0 Å². The molecule has 1 aromatic heterocycles. The second-order valence-corrected chi connectivity index (χ2v) is 4.13. The van der Waals surface area contributed by atoms with Gasteiger partial charge in [0, 0.05) is 32.0 Å². The summed E-state index contributed by atoms with van der Waals surface area (Å²) >= 11 is 0. The molecule has 15 heavy (non-hydrogen) atoms. The molecule has 1 fully saturated rings. The Balaban J connectivity index is 2.06. The first-order valence-corrected chi connectivity index (χ1v) is 5.47. The van der Waals surface area contributed by atoms with Crippen LogP contribution >= 0.6 is 0 Å². The summed E-state index contributed by atoms with van der Waals surface area (Å²) in [5, 5.41) is 0. The molecule has 1 saturated heterocycles. The topological polar surface area (TPSA) is 25.4 Å². The summed E-state index contributed by atoms with van der Waals surface area (Å²) in [5.74, 6) is 0. The van der Waals surface area contributed by atoms with Gasteiger partial charge in [0.05, 0.1) is 13.2 Å². The van der Waals surface area contributed by atoms with Crippen LogP contribution in [0.3, 0.4) is 0 Å². The van der Waals surface area contributed by atoms with Crippen LogP contribution in [0.5, 0.6) is 0 Å². The van der Waals surface area contributed by atoms with Crippen LogP contribution in [0.1, 0.15) is 16.7 Å². The Hall–Kier alpha value is -0.930. The van der Waals surface area contributed by atoms with Gasteiger partial charge in [-0.05, 0) is 30.5 Å². The van der Waals surface area contributed by atoms with E-state index in [1.54, 1.807) is 0 Å². The molecule has 1 aliphatic rings. The summed E-state index contributed by atoms with van der Waals surface area (Å²) < 4.78 is 5.33. The van der Waals surface area contributed by atoms with Gasteiger partial charge in [-0.1, -0.05) is 0 Å². The number of nitrogens with zero attached hydrogens (tertiary/aromatic N) is 2. The molecule has 0 N–H and O–H groups in total. The molecule has 0 atom stereocenters. The maximum atomic E-state index is 5.33. The maximum Gasteiger partial charge on any atom is 0.0594 e. The predicted octanol–water partition coefficient (Wildman–Crippen LogP) is 1.53. The Kier molecular flexibility index (Phi) is 3.34. The van der Waals surface area contributed by atoms with E-state index in [2.05, 4.69) is 23.7 Å². The van der Waals surface area contributed by atoms with Crippen LogP contribution in [0.15, 0.2) is 12.4 Å². The van der Waals surface area contributed by atoms with Gasteiger partial charge < -0.3 is 4.74 Å². The van der Waals surface area contributed by atoms with Crippen molar-refractivity contribution in [1.82, 2.24) is 9.88 Å². The summed E-state index contributed by atoms with van der Waals surface area (Å²) in [6.45, 7) is 9.08. The molecule has 1 aromatic rings. The fraction of sp³-hybridized carbons (Fsp3) is 0.583. The van der Waals surface area contributed by atoms with E-state index < -0.39 is 0 Å². The van der Waals surface area contributed by atoms with Crippen molar-refractivity contribution >= 4 is 0 Å². The molecule has 0 bridgehead atoms. The minimum absolute atomic E-state index is 0.859. The normalized spacial score (nSPS) is 18.0. The zero-order chi connectivity index (χ0) is 10.7. The second kappa shape index (κ2) is 4.73. The minimum Gasteiger partial charge on any atom is -0.379 e. The summed E-state index contributed by atoms with van der Waals surface area (Å²) in [4.78, 5) is 6.68. The third-order valence-corrected chi connectivity index (χ3v) is 3.07. The van der Waals surface area contributed by atoms with Gasteiger partial charge in [-0.3, -0.25) is 9.88 Å². The van der Waals surface area contributed by atoms with Crippen LogP contribution in [-0.2, 0) is 11.3 Å². The number of ether oxygens (including phenoxy) is 1. The van der Waals surface area contributed by atoms with E-state index in [-0.39, 0.29) is 0 Å². The van der Waals surface area contributed by atoms with Gasteiger partial charge in [0.15, 0.2) is 0 Å². The van der Waals surface area contributed by atoms with E-state index in [1.165, 1.54) is 16.7 Å². The Morgan fingerprint density at radius 3 is 2.73 bits per heavy atom. The Morgan fingerprint density at radius 2 is 2.00 bits per heavy atom. The van der Waals surface area contributed by atoms with Gasteiger partial charge in [0.25, 0.3) is 0 Å². The lowest BCUT2D eigenvalue weighted by Gasteiger charge is -2.27. The van der Waals surface area contributed by atoms with E-state index >= 15 is 0 Å². The van der Waals surface area contributed by atoms with Gasteiger partial charge >= 0.3 is 0 Å². The fourth-order valence-corrected chi connectivity index (χ4v) is 1.85. The number of rotatable bonds is 2. The fourth-order valence-electron chi connectivity index (χ4n) is 1.85. The second-order valence-electron chi connectivity index (χ2n) is 4.13. The summed E-state index contributed by atoms with van der Waals surface area (Å²) in [5.41, 5.74) is 3.99. The molecule has 2 rings (SSSR count). The molecule has 2 heterocycles. The molecule has 3 nitrogen and oxygen atoms in total. The molecule has 1 aliphatic heterocycles. The SMILES string of the molecule is Cc1cncc(CN2CCOCC2)c1C. The molecule has 0 aliphatic carbocycles. The molecule has 0 saturated carbocycles. The molecular formula is C12H18N2O. The molecule has 0 aromatic carbocycles. The van der Waals surface area contributed by atoms with Crippen molar-refractivity contribution in [3.05, 3.63) is 29.1 Å². The molecule has 0 unspecified atom stereocenters. The highest BCUT2D eigenvalue weighted by Crippen LogP contribution is 2.13. The van der Waals surface area contributed by atoms with Crippen LogP contribution in [0.4, 0.5) is 0 Å². The smallest absolute Gasteiger partial charge is 0.0594 e. The third kappa shape index (κ3) is 2.55. The molecule has 82 valence electrons. The highest BCUT2D eigenvalue weighted by molar-refractivity contribution is 5.29. The van der Waals surface area contributed by atoms with Crippen molar-refractivity contribution in [1.29, 1.82) is 0 Å². The van der Waals surface area contributed by atoms with Gasteiger partial charge in [-0.25, -0.2) is 0 Å². The molecule has 3 heteroatoms. The number of hydrogen-bond acceptors (Lipinski definition) is 3. The number of pyridine rings is 1. The van der Waals surface area contributed by atoms with E-state index in [1.807, 2.05) is 12.4 Å². The van der Waals surface area contributed by atoms with Gasteiger partial charge in [0.2, 0.25) is 0 Å². The Bertz CT molecular complexity index is 332. The van der Waals surface area contributed by atoms with Gasteiger partial charge in [-0.2, -0.15) is 0 Å². The molecular weight excluding hydrogens is 188 g/mol. The van der Waals surface area contributed by atoms with Crippen molar-refractivity contribution in [3.63, 3.8) is 0 Å². The molecule has 0 radical (unpaired) electrons. The van der Waals surface area contributed by atoms with E-state index in [4.69, 9.17) is 4.74 Å². The number of hydrogen-bond donors (Lipinski definition) is 0. The van der Waals surface area contributed by atoms with Gasteiger partial charge in [0.1, 0.15) is 0 Å². The maximum absolute atomic E-state index is 5.33. The van der Waals surface area contributed by atoms with E-state index in [9.17, 15) is 0 Å². The molecule has 0 amide bonds. The van der Waals surface area contributed by atoms with Crippen LogP contribution in [0.25, 0.3) is 0 Å². The first-order valence-electron chi connectivity index (χ1n) is 5.47. The Morgan fingerprint density at radius 1 is 1.27 bits per heavy atom. The van der Waals surface area contributed by atoms with Crippen molar-refractivity contribution in [2.24, 2.45) is 0 Å². The zero-order valence-electron chi connectivity index (χ0n) is 9.49. The van der Waals surface area contributed by atoms with Gasteiger partial charge in [-0.15, -0.1) is 0 Å². The lowest BCUT2D eigenvalue weighted by atomic mass is 10.1. The average Bonchev–Trinajstić information content (AvgIpc) is 2.26. The quantitative estimate of drug-likeness (QED) is 0.733. The zero-order valence-corrected chi connectivity index (χ0v) is 9.49. The Labute approximate surface area is 91.1 Å². The first-order chi connectivity index (χ1) is 7.27. The summed E-state index contributed by atoms with van der Waals surface area (Å²) in [6.07, 6.45) is 3.91. The van der Waals surface area contributed by atoms with Crippen LogP contribution in [0, 0.1) is 13.8 Å². The van der Waals surface area contributed by atoms with Crippen molar-refractivity contribution in [2.75, 3.05) is 26.3 Å². The van der Waals surface area contributed by atoms with Crippen molar-refractivity contribution < 1.29 is 4.74 Å². The average molecular weight is 206 g/mol. The van der Waals surface area contributed by atoms with E-state index in [0.29, 0.717) is 0 Å². The predicted molar refractivity (Wildman–Crippen MR) is 59.8 cm³/mol. The number of aromatic nitrogens is 1. The minimum atomic E-state index is 0.859. The van der Waals surface area contributed by atoms with Crippen molar-refractivity contribution in [2.45, 2.75) is 20.4 Å². The third-order valence-electron chi connectivity index (χ3n) is 3.07. The first kappa shape index (κ1) is 10.6. The van der Waals surface area contributed by atoms with Crippen LogP contribution in [-0.4, -0.2) is 36.2 Å². The monoisotopic (exact) mass is 206 g/mol. The lowest BCUT2D eigenvalue weighted by molar-refractivity contribution is 0.0340. The largest absolute Gasteiger partial charge is 0.379 e. The summed E-state index contributed by atoms with van der Waals surface area (Å²) in [6, 6.07) is 0. The number of aryl methyl sites for hydroxylation is 1.